The molecule has 0 spiro atoms. The van der Waals surface area contributed by atoms with Crippen molar-refractivity contribution < 1.29 is 0 Å². The predicted molar refractivity (Wildman–Crippen MR) is 72.1 cm³/mol. The molecule has 1 fully saturated rings. The van der Waals surface area contributed by atoms with Crippen LogP contribution < -0.4 is 5.32 Å². The Morgan fingerprint density at radius 3 is 2.94 bits per heavy atom. The first-order valence-corrected chi connectivity index (χ1v) is 6.89. The van der Waals surface area contributed by atoms with Gasteiger partial charge in [-0.3, -0.25) is 5.10 Å². The molecule has 0 unspecified atom stereocenters. The first kappa shape index (κ1) is 11.0. The summed E-state index contributed by atoms with van der Waals surface area (Å²) in [6.45, 7) is 0. The quantitative estimate of drug-likeness (QED) is 0.892. The van der Waals surface area contributed by atoms with Gasteiger partial charge < -0.3 is 5.32 Å². The number of halogens is 1. The third-order valence-electron chi connectivity index (χ3n) is 3.38. The molecule has 0 saturated heterocycles. The maximum absolute atomic E-state index is 4.43. The highest BCUT2D eigenvalue weighted by Gasteiger charge is 2.16. The molecule has 0 atom stereocenters. The minimum Gasteiger partial charge on any atom is -0.367 e. The SMILES string of the molecule is Brc1n[nH]c2ccnc(NC3CCCCC3)c12. The summed E-state index contributed by atoms with van der Waals surface area (Å²) >= 11 is 3.46. The minimum atomic E-state index is 0.559. The second kappa shape index (κ2) is 4.64. The zero-order valence-corrected chi connectivity index (χ0v) is 11.1. The van der Waals surface area contributed by atoms with E-state index in [1.165, 1.54) is 32.1 Å². The Bertz CT molecular complexity index is 516. The van der Waals surface area contributed by atoms with Crippen molar-refractivity contribution in [2.75, 3.05) is 5.32 Å². The number of anilines is 1. The Balaban J connectivity index is 1.91. The van der Waals surface area contributed by atoms with E-state index in [0.717, 1.165) is 21.3 Å². The Kier molecular flexibility index (Phi) is 3.01. The number of hydrogen-bond donors (Lipinski definition) is 2. The van der Waals surface area contributed by atoms with E-state index in [9.17, 15) is 0 Å². The normalized spacial score (nSPS) is 17.5. The molecule has 5 heteroatoms. The van der Waals surface area contributed by atoms with Gasteiger partial charge in [0.05, 0.1) is 10.9 Å². The van der Waals surface area contributed by atoms with Gasteiger partial charge in [0.1, 0.15) is 10.4 Å². The molecular formula is C12H15BrN4. The molecule has 1 aliphatic rings. The summed E-state index contributed by atoms with van der Waals surface area (Å²) in [7, 11) is 0. The maximum Gasteiger partial charge on any atom is 0.139 e. The van der Waals surface area contributed by atoms with Crippen molar-refractivity contribution in [3.8, 4) is 0 Å². The van der Waals surface area contributed by atoms with E-state index in [4.69, 9.17) is 0 Å². The fourth-order valence-electron chi connectivity index (χ4n) is 2.48. The third kappa shape index (κ3) is 2.16. The number of H-pyrrole nitrogens is 1. The highest BCUT2D eigenvalue weighted by Crippen LogP contribution is 2.29. The first-order valence-electron chi connectivity index (χ1n) is 6.10. The van der Waals surface area contributed by atoms with E-state index in [-0.39, 0.29) is 0 Å². The standard InChI is InChI=1S/C12H15BrN4/c13-11-10-9(16-17-11)6-7-14-12(10)15-8-4-2-1-3-5-8/h6-8H,1-5H2,(H,14,15)(H,16,17). The molecule has 0 aliphatic heterocycles. The van der Waals surface area contributed by atoms with Gasteiger partial charge in [-0.25, -0.2) is 4.98 Å². The van der Waals surface area contributed by atoms with Crippen LogP contribution in [0.25, 0.3) is 10.9 Å². The highest BCUT2D eigenvalue weighted by atomic mass is 79.9. The van der Waals surface area contributed by atoms with E-state index in [2.05, 4.69) is 36.4 Å². The number of aromatic nitrogens is 3. The molecule has 3 rings (SSSR count). The molecule has 0 radical (unpaired) electrons. The molecular weight excluding hydrogens is 280 g/mol. The number of aromatic amines is 1. The molecule has 0 aromatic carbocycles. The second-order valence-electron chi connectivity index (χ2n) is 4.58. The number of nitrogens with one attached hydrogen (secondary N) is 2. The van der Waals surface area contributed by atoms with Gasteiger partial charge in [0, 0.05) is 12.2 Å². The Morgan fingerprint density at radius 1 is 1.29 bits per heavy atom. The zero-order valence-electron chi connectivity index (χ0n) is 9.54. The van der Waals surface area contributed by atoms with E-state index < -0.39 is 0 Å². The zero-order chi connectivity index (χ0) is 11.7. The van der Waals surface area contributed by atoms with Gasteiger partial charge >= 0.3 is 0 Å². The van der Waals surface area contributed by atoms with Crippen LogP contribution in [0.4, 0.5) is 5.82 Å². The van der Waals surface area contributed by atoms with Crippen molar-refractivity contribution in [2.24, 2.45) is 0 Å². The van der Waals surface area contributed by atoms with Crippen molar-refractivity contribution in [3.05, 3.63) is 16.9 Å². The molecule has 2 aromatic heterocycles. The van der Waals surface area contributed by atoms with Gasteiger partial charge in [0.15, 0.2) is 0 Å². The van der Waals surface area contributed by atoms with Crippen LogP contribution in [0.5, 0.6) is 0 Å². The molecule has 2 heterocycles. The summed E-state index contributed by atoms with van der Waals surface area (Å²) < 4.78 is 0.832. The molecule has 1 saturated carbocycles. The number of fused-ring (bicyclic) bond motifs is 1. The number of pyridine rings is 1. The van der Waals surface area contributed by atoms with Crippen molar-refractivity contribution in [1.82, 2.24) is 15.2 Å². The fourth-order valence-corrected chi connectivity index (χ4v) is 2.97. The molecule has 17 heavy (non-hydrogen) atoms. The van der Waals surface area contributed by atoms with Crippen molar-refractivity contribution in [3.63, 3.8) is 0 Å². The lowest BCUT2D eigenvalue weighted by atomic mass is 9.95. The van der Waals surface area contributed by atoms with Crippen molar-refractivity contribution in [2.45, 2.75) is 38.1 Å². The Hall–Kier alpha value is -1.10. The average molecular weight is 295 g/mol. The molecule has 2 N–H and O–H groups in total. The van der Waals surface area contributed by atoms with Crippen LogP contribution in [0.15, 0.2) is 16.9 Å². The topological polar surface area (TPSA) is 53.6 Å². The number of nitrogens with zero attached hydrogens (tertiary/aromatic N) is 2. The van der Waals surface area contributed by atoms with E-state index in [1.807, 2.05) is 12.3 Å². The summed E-state index contributed by atoms with van der Waals surface area (Å²) in [4.78, 5) is 4.43. The van der Waals surface area contributed by atoms with Gasteiger partial charge in [-0.1, -0.05) is 19.3 Å². The van der Waals surface area contributed by atoms with Gasteiger partial charge in [0.2, 0.25) is 0 Å². The smallest absolute Gasteiger partial charge is 0.139 e. The molecule has 2 aromatic rings. The van der Waals surface area contributed by atoms with E-state index in [0.29, 0.717) is 6.04 Å². The largest absolute Gasteiger partial charge is 0.367 e. The lowest BCUT2D eigenvalue weighted by Gasteiger charge is -2.23. The first-order chi connectivity index (χ1) is 8.34. The van der Waals surface area contributed by atoms with Crippen LogP contribution in [-0.4, -0.2) is 21.2 Å². The highest BCUT2D eigenvalue weighted by molar-refractivity contribution is 9.10. The third-order valence-corrected chi connectivity index (χ3v) is 3.95. The van der Waals surface area contributed by atoms with Gasteiger partial charge in [-0.05, 0) is 34.8 Å². The molecule has 0 amide bonds. The van der Waals surface area contributed by atoms with Crippen LogP contribution >= 0.6 is 15.9 Å². The number of hydrogen-bond acceptors (Lipinski definition) is 3. The van der Waals surface area contributed by atoms with Crippen molar-refractivity contribution >= 4 is 32.7 Å². The molecule has 4 nitrogen and oxygen atoms in total. The van der Waals surface area contributed by atoms with Gasteiger partial charge in [0.25, 0.3) is 0 Å². The predicted octanol–water partition coefficient (Wildman–Crippen LogP) is 3.47. The second-order valence-corrected chi connectivity index (χ2v) is 5.33. The average Bonchev–Trinajstić information content (AvgIpc) is 2.74. The summed E-state index contributed by atoms with van der Waals surface area (Å²) in [5.41, 5.74) is 1.02. The maximum atomic E-state index is 4.43. The Labute approximate surface area is 108 Å². The molecule has 0 bridgehead atoms. The van der Waals surface area contributed by atoms with Crippen LogP contribution in [0.2, 0.25) is 0 Å². The fraction of sp³-hybridized carbons (Fsp3) is 0.500. The number of rotatable bonds is 2. The molecule has 1 aliphatic carbocycles. The lowest BCUT2D eigenvalue weighted by Crippen LogP contribution is -2.22. The summed E-state index contributed by atoms with van der Waals surface area (Å²) in [6, 6.07) is 2.50. The summed E-state index contributed by atoms with van der Waals surface area (Å²) in [5, 5.41) is 11.8. The summed E-state index contributed by atoms with van der Waals surface area (Å²) in [5.74, 6) is 0.940. The lowest BCUT2D eigenvalue weighted by molar-refractivity contribution is 0.462. The minimum absolute atomic E-state index is 0.559. The van der Waals surface area contributed by atoms with Crippen LogP contribution in [0.3, 0.4) is 0 Å². The molecule has 90 valence electrons. The summed E-state index contributed by atoms with van der Waals surface area (Å²) in [6.07, 6.45) is 8.31. The van der Waals surface area contributed by atoms with Gasteiger partial charge in [-0.2, -0.15) is 5.10 Å². The van der Waals surface area contributed by atoms with Gasteiger partial charge in [-0.15, -0.1) is 0 Å². The van der Waals surface area contributed by atoms with Crippen molar-refractivity contribution in [1.29, 1.82) is 0 Å². The van der Waals surface area contributed by atoms with E-state index in [1.54, 1.807) is 0 Å². The Morgan fingerprint density at radius 2 is 2.12 bits per heavy atom. The van der Waals surface area contributed by atoms with Crippen LogP contribution in [-0.2, 0) is 0 Å². The van der Waals surface area contributed by atoms with Crippen LogP contribution in [0, 0.1) is 0 Å². The monoisotopic (exact) mass is 294 g/mol. The van der Waals surface area contributed by atoms with E-state index >= 15 is 0 Å². The van der Waals surface area contributed by atoms with Crippen LogP contribution in [0.1, 0.15) is 32.1 Å².